The van der Waals surface area contributed by atoms with Crippen LogP contribution in [0.2, 0.25) is 0 Å². The lowest BCUT2D eigenvalue weighted by atomic mass is 9.93. The van der Waals surface area contributed by atoms with Gasteiger partial charge in [0.25, 0.3) is 6.47 Å². The van der Waals surface area contributed by atoms with Crippen LogP contribution in [0.4, 0.5) is 0 Å². The summed E-state index contributed by atoms with van der Waals surface area (Å²) in [4.78, 5) is 54.2. The molecule has 17 heteroatoms. The molecule has 2 aliphatic rings. The van der Waals surface area contributed by atoms with Crippen molar-refractivity contribution in [3.8, 4) is 0 Å². The van der Waals surface area contributed by atoms with Crippen LogP contribution in [0.1, 0.15) is 525 Å². The van der Waals surface area contributed by atoms with E-state index < -0.39 is 48.8 Å². The smallest absolute Gasteiger partial charge is 0.309 e. The molecule has 16 atom stereocenters. The highest BCUT2D eigenvalue weighted by atomic mass is 16.6. The van der Waals surface area contributed by atoms with Gasteiger partial charge in [0.05, 0.1) is 79.8 Å². The van der Waals surface area contributed by atoms with Gasteiger partial charge in [-0.25, -0.2) is 0 Å². The number of unbranched alkanes of at least 4 members (excludes halogenated alkanes) is 45. The van der Waals surface area contributed by atoms with Crippen LogP contribution in [0, 0.1) is 17.8 Å². The minimum Gasteiger partial charge on any atom is -0.462 e. The number of ether oxygens (including phenoxy) is 9. The number of carbonyl (C=O) groups excluding carboxylic acids is 4. The predicted molar refractivity (Wildman–Crippen MR) is 507 cm³/mol. The predicted octanol–water partition coefficient (Wildman–Crippen LogP) is 27.8. The molecule has 2 rings (SSSR count). The summed E-state index contributed by atoms with van der Waals surface area (Å²) >= 11 is 0. The molecule has 0 aromatic heterocycles. The number of aliphatic hydroxyl groups is 4. The minimum atomic E-state index is -1.11. The van der Waals surface area contributed by atoms with Crippen LogP contribution in [0.15, 0.2) is 0 Å². The molecule has 0 bridgehead atoms. The average molecular weight is 1750 g/mol. The zero-order valence-electron chi connectivity index (χ0n) is 81.9. The van der Waals surface area contributed by atoms with Crippen LogP contribution < -0.4 is 0 Å². The molecule has 0 amide bonds. The molecule has 2 saturated heterocycles. The van der Waals surface area contributed by atoms with Crippen LogP contribution in [-0.4, -0.2) is 157 Å². The van der Waals surface area contributed by atoms with Crippen LogP contribution in [0.3, 0.4) is 0 Å². The van der Waals surface area contributed by atoms with E-state index in [1.165, 1.54) is 109 Å². The maximum atomic E-state index is 14.5. The zero-order valence-corrected chi connectivity index (χ0v) is 81.9. The first-order valence-electron chi connectivity index (χ1n) is 53.7. The van der Waals surface area contributed by atoms with Gasteiger partial charge in [-0.3, -0.25) is 19.2 Å². The van der Waals surface area contributed by atoms with E-state index in [0.29, 0.717) is 78.0 Å². The molecule has 0 saturated carbocycles. The second kappa shape index (κ2) is 83.8. The fraction of sp³-hybridized carbons (Fsp3) is 0.962. The highest BCUT2D eigenvalue weighted by Gasteiger charge is 2.43. The lowest BCUT2D eigenvalue weighted by Gasteiger charge is -2.30. The van der Waals surface area contributed by atoms with Gasteiger partial charge in [0, 0.05) is 39.1 Å². The Bertz CT molecular complexity index is 2310. The second-order valence-electron chi connectivity index (χ2n) is 38.3. The molecule has 728 valence electrons. The Kier molecular flexibility index (Phi) is 79.5. The summed E-state index contributed by atoms with van der Waals surface area (Å²) < 4.78 is 55.8. The van der Waals surface area contributed by atoms with E-state index in [1.54, 1.807) is 0 Å². The number of rotatable bonds is 98. The van der Waals surface area contributed by atoms with Crippen molar-refractivity contribution in [2.24, 2.45) is 17.8 Å². The van der Waals surface area contributed by atoms with E-state index >= 15 is 0 Å². The van der Waals surface area contributed by atoms with Gasteiger partial charge in [-0.1, -0.05) is 390 Å². The maximum absolute atomic E-state index is 14.5. The topological polar surface area (TPSA) is 239 Å². The molecular weight excluding hydrogens is 1550 g/mol. The van der Waals surface area contributed by atoms with Crippen molar-refractivity contribution < 1.29 is 82.2 Å². The number of hydrogen-bond donors (Lipinski definition) is 4. The number of aliphatic hydroxyl groups excluding tert-OH is 4. The maximum Gasteiger partial charge on any atom is 0.309 e. The Hall–Kier alpha value is -2.48. The van der Waals surface area contributed by atoms with Crippen LogP contribution in [0.5, 0.6) is 0 Å². The zero-order chi connectivity index (χ0) is 89.5. The SMILES string of the molecule is CCCCCCCCC(CCCCCC)C(=O)OC(CCCCC)C(O)CC(O)C(CCCCCCCCOCC(COCCCCCCCCC(O)C(CC1OC1CCCCC)OC=O)OCCCCCCCCC(OC(=O)C(CCCCCC)CCCCCCCC)C(O)CC1OC1CCCCC)OC(=O)C(CCCCCC)CCCCCCCC. The van der Waals surface area contributed by atoms with Crippen LogP contribution >= 0.6 is 0 Å². The monoisotopic (exact) mass is 1750 g/mol. The van der Waals surface area contributed by atoms with Crippen molar-refractivity contribution in [3.63, 3.8) is 0 Å². The molecule has 0 aromatic carbocycles. The van der Waals surface area contributed by atoms with Gasteiger partial charge in [0.15, 0.2) is 0 Å². The summed E-state index contributed by atoms with van der Waals surface area (Å²) in [7, 11) is 0. The molecular formula is C106H202O17. The second-order valence-corrected chi connectivity index (χ2v) is 38.3. The van der Waals surface area contributed by atoms with E-state index in [9.17, 15) is 39.6 Å². The highest BCUT2D eigenvalue weighted by Crippen LogP contribution is 2.36. The van der Waals surface area contributed by atoms with Crippen molar-refractivity contribution in [2.75, 3.05) is 33.0 Å². The lowest BCUT2D eigenvalue weighted by Crippen LogP contribution is -2.41. The van der Waals surface area contributed by atoms with Crippen molar-refractivity contribution in [1.82, 2.24) is 0 Å². The standard InChI is InChI=1S/C106H202O17/c1-10-19-28-34-43-58-70-88(67-55-31-22-13-4)104(112)121-96(74-52-25-16-7)93(109)82-94(110)97(122-105(113)89(68-56-32-23-14-5)71-59-44-35-29-20-11-2)75-62-47-38-41-50-65-80-116-86-91(85-115-79-64-49-40-37-46-61-73-92(108)101(118-87-107)84-103-100(120-103)78-54-27-18-9)117-81-66-51-42-39-48-63-76-98(95(111)83-102-99(119-102)77-53-26-17-8)123-106(114)90(69-57-33-24-15-6)72-60-45-36-30-21-12-3/h87-103,108-111H,10-86H2,1-9H3. The molecule has 16 unspecified atom stereocenters. The van der Waals surface area contributed by atoms with Gasteiger partial charge in [0.2, 0.25) is 0 Å². The molecule has 0 spiro atoms. The third kappa shape index (κ3) is 64.9. The summed E-state index contributed by atoms with van der Waals surface area (Å²) in [6.07, 6.45) is 66.1. The van der Waals surface area contributed by atoms with Gasteiger partial charge >= 0.3 is 17.9 Å². The minimum absolute atomic E-state index is 0.0276. The average Bonchev–Trinajstić information content (AvgIpc) is 1.69. The first-order chi connectivity index (χ1) is 60.2. The molecule has 2 aliphatic heterocycles. The molecule has 0 radical (unpaired) electrons. The highest BCUT2D eigenvalue weighted by molar-refractivity contribution is 5.73. The summed E-state index contributed by atoms with van der Waals surface area (Å²) in [5.74, 6) is -1.08. The summed E-state index contributed by atoms with van der Waals surface area (Å²) in [6, 6.07) is 0. The third-order valence-electron chi connectivity index (χ3n) is 26.7. The largest absolute Gasteiger partial charge is 0.462 e. The Morgan fingerprint density at radius 2 is 0.537 bits per heavy atom. The molecule has 0 aromatic rings. The summed E-state index contributed by atoms with van der Waals surface area (Å²) in [5, 5.41) is 47.1. The molecule has 17 nitrogen and oxygen atoms in total. The quantitative estimate of drug-likeness (QED) is 0.0146. The lowest BCUT2D eigenvalue weighted by molar-refractivity contribution is -0.167. The molecule has 2 fully saturated rings. The van der Waals surface area contributed by atoms with E-state index in [2.05, 4.69) is 62.3 Å². The normalized spacial score (nSPS) is 18.1. The number of esters is 3. The number of carbonyl (C=O) groups is 4. The first-order valence-corrected chi connectivity index (χ1v) is 53.7. The van der Waals surface area contributed by atoms with E-state index in [0.717, 1.165) is 308 Å². The van der Waals surface area contributed by atoms with Gasteiger partial charge in [-0.15, -0.1) is 0 Å². The van der Waals surface area contributed by atoms with Crippen molar-refractivity contribution in [1.29, 1.82) is 0 Å². The van der Waals surface area contributed by atoms with Gasteiger partial charge < -0.3 is 63.1 Å². The van der Waals surface area contributed by atoms with Crippen LogP contribution in [-0.2, 0) is 61.8 Å². The molecule has 2 heterocycles. The summed E-state index contributed by atoms with van der Waals surface area (Å²) in [6.45, 7) is 23.2. The first kappa shape index (κ1) is 117. The Morgan fingerprint density at radius 1 is 0.276 bits per heavy atom. The summed E-state index contributed by atoms with van der Waals surface area (Å²) in [5.41, 5.74) is 0. The van der Waals surface area contributed by atoms with Crippen molar-refractivity contribution in [2.45, 2.75) is 604 Å². The van der Waals surface area contributed by atoms with Crippen molar-refractivity contribution in [3.05, 3.63) is 0 Å². The molecule has 4 N–H and O–H groups in total. The molecule has 0 aliphatic carbocycles. The van der Waals surface area contributed by atoms with Crippen LogP contribution in [0.25, 0.3) is 0 Å². The fourth-order valence-corrected chi connectivity index (χ4v) is 18.1. The van der Waals surface area contributed by atoms with Gasteiger partial charge in [-0.05, 0) is 116 Å². The Morgan fingerprint density at radius 3 is 0.878 bits per heavy atom. The fourth-order valence-electron chi connectivity index (χ4n) is 18.1. The van der Waals surface area contributed by atoms with E-state index in [1.807, 2.05) is 0 Å². The third-order valence-corrected chi connectivity index (χ3v) is 26.7. The number of hydrogen-bond acceptors (Lipinski definition) is 17. The van der Waals surface area contributed by atoms with E-state index in [4.69, 9.17) is 42.6 Å². The van der Waals surface area contributed by atoms with Gasteiger partial charge in [0.1, 0.15) is 30.5 Å². The van der Waals surface area contributed by atoms with Gasteiger partial charge in [-0.2, -0.15) is 0 Å². The van der Waals surface area contributed by atoms with Crippen molar-refractivity contribution >= 4 is 24.4 Å². The van der Waals surface area contributed by atoms with E-state index in [-0.39, 0.29) is 72.6 Å². The number of epoxide rings is 2. The Balaban J connectivity index is 2.14. The Labute approximate surface area is 757 Å². The molecule has 123 heavy (non-hydrogen) atoms.